The van der Waals surface area contributed by atoms with Crippen molar-refractivity contribution < 1.29 is 0 Å². The van der Waals surface area contributed by atoms with Crippen molar-refractivity contribution in [2.24, 2.45) is 5.92 Å². The first-order valence-corrected chi connectivity index (χ1v) is 8.15. The quantitative estimate of drug-likeness (QED) is 0.593. The van der Waals surface area contributed by atoms with Crippen LogP contribution in [0.5, 0.6) is 0 Å². The largest absolute Gasteiger partial charge is 0.0836 e. The molecule has 0 nitrogen and oxygen atoms in total. The van der Waals surface area contributed by atoms with Crippen LogP contribution in [-0.2, 0) is 0 Å². The molecule has 0 N–H and O–H groups in total. The van der Waals surface area contributed by atoms with Crippen molar-refractivity contribution in [2.45, 2.75) is 64.6 Å². The Morgan fingerprint density at radius 3 is 1.94 bits per heavy atom. The van der Waals surface area contributed by atoms with E-state index in [0.717, 1.165) is 5.92 Å². The predicted octanol–water partition coefficient (Wildman–Crippen LogP) is 5.94. The summed E-state index contributed by atoms with van der Waals surface area (Å²) in [6.45, 7) is 9.06. The van der Waals surface area contributed by atoms with Crippen LogP contribution in [0, 0.1) is 33.6 Å². The van der Waals surface area contributed by atoms with Gasteiger partial charge in [0.05, 0.1) is 0 Å². The summed E-state index contributed by atoms with van der Waals surface area (Å²) in [7, 11) is 0. The molecule has 1 unspecified atom stereocenters. The molecule has 0 spiro atoms. The van der Waals surface area contributed by atoms with Crippen molar-refractivity contribution in [3.63, 3.8) is 0 Å². The number of hydrogen-bond donors (Lipinski definition) is 0. The lowest BCUT2D eigenvalue weighted by molar-refractivity contribution is 0.353. The Hall–Kier alpha value is -0.300. The normalized spacial score (nSPS) is 18.9. The topological polar surface area (TPSA) is 0 Å². The number of alkyl halides is 1. The van der Waals surface area contributed by atoms with E-state index in [4.69, 9.17) is 0 Å². The van der Waals surface area contributed by atoms with E-state index >= 15 is 0 Å². The molecule has 1 aliphatic rings. The lowest BCUT2D eigenvalue weighted by Gasteiger charge is -2.29. The van der Waals surface area contributed by atoms with Gasteiger partial charge >= 0.3 is 0 Å². The minimum Gasteiger partial charge on any atom is -0.0836 e. The molecule has 100 valence electrons. The monoisotopic (exact) mass is 308 g/mol. The highest BCUT2D eigenvalue weighted by molar-refractivity contribution is 9.09. The summed E-state index contributed by atoms with van der Waals surface area (Å²) in [4.78, 5) is 0.552. The van der Waals surface area contributed by atoms with Gasteiger partial charge in [-0.15, -0.1) is 0 Å². The number of halogens is 1. The molecule has 0 heterocycles. The first kappa shape index (κ1) is 14.1. The van der Waals surface area contributed by atoms with Crippen molar-refractivity contribution in [3.05, 3.63) is 33.9 Å². The zero-order chi connectivity index (χ0) is 13.3. The van der Waals surface area contributed by atoms with Gasteiger partial charge in [-0.25, -0.2) is 0 Å². The molecule has 0 bridgehead atoms. The predicted molar refractivity (Wildman–Crippen MR) is 83.6 cm³/mol. The Balaban J connectivity index is 2.37. The summed E-state index contributed by atoms with van der Waals surface area (Å²) in [6.07, 6.45) is 7.04. The summed E-state index contributed by atoms with van der Waals surface area (Å²) in [5.41, 5.74) is 7.43. The van der Waals surface area contributed by atoms with Gasteiger partial charge in [-0.1, -0.05) is 41.3 Å². The van der Waals surface area contributed by atoms with Gasteiger partial charge in [0.1, 0.15) is 0 Å². The van der Waals surface area contributed by atoms with Crippen LogP contribution in [-0.4, -0.2) is 0 Å². The van der Waals surface area contributed by atoms with Crippen molar-refractivity contribution in [1.82, 2.24) is 0 Å². The average molecular weight is 309 g/mol. The standard InChI is InChI=1S/C17H25Br/c1-11-10-12(2)14(4)16(13(11)3)17(18)15-8-6-5-7-9-15/h10,15,17H,5-9H2,1-4H3. The molecule has 18 heavy (non-hydrogen) atoms. The average Bonchev–Trinajstić information content (AvgIpc) is 2.37. The summed E-state index contributed by atoms with van der Waals surface area (Å²) in [5.74, 6) is 0.831. The Bertz CT molecular complexity index is 401. The molecule has 2 rings (SSSR count). The summed E-state index contributed by atoms with van der Waals surface area (Å²) in [6, 6.07) is 2.33. The van der Waals surface area contributed by atoms with Crippen LogP contribution in [0.25, 0.3) is 0 Å². The van der Waals surface area contributed by atoms with E-state index in [1.54, 1.807) is 5.56 Å². The van der Waals surface area contributed by atoms with Crippen molar-refractivity contribution in [3.8, 4) is 0 Å². The number of hydrogen-bond acceptors (Lipinski definition) is 0. The molecule has 1 heteroatoms. The second-order valence-electron chi connectivity index (χ2n) is 5.97. The van der Waals surface area contributed by atoms with Crippen LogP contribution < -0.4 is 0 Å². The molecule has 1 atom stereocenters. The molecule has 0 radical (unpaired) electrons. The molecule has 1 saturated carbocycles. The molecular weight excluding hydrogens is 284 g/mol. The van der Waals surface area contributed by atoms with E-state index in [9.17, 15) is 0 Å². The number of rotatable bonds is 2. The summed E-state index contributed by atoms with van der Waals surface area (Å²) in [5, 5.41) is 0. The number of aryl methyl sites for hydroxylation is 2. The van der Waals surface area contributed by atoms with Crippen molar-refractivity contribution in [1.29, 1.82) is 0 Å². The van der Waals surface area contributed by atoms with Gasteiger partial charge in [0, 0.05) is 4.83 Å². The Kier molecular flexibility index (Phi) is 4.53. The molecule has 1 fully saturated rings. The second kappa shape index (κ2) is 5.77. The van der Waals surface area contributed by atoms with Gasteiger partial charge in [-0.05, 0) is 74.3 Å². The van der Waals surface area contributed by atoms with Crippen LogP contribution in [0.15, 0.2) is 6.07 Å². The van der Waals surface area contributed by atoms with E-state index in [1.165, 1.54) is 54.4 Å². The molecule has 1 aliphatic carbocycles. The fourth-order valence-electron chi connectivity index (χ4n) is 3.32. The highest BCUT2D eigenvalue weighted by atomic mass is 79.9. The van der Waals surface area contributed by atoms with Gasteiger partial charge in [0.25, 0.3) is 0 Å². The third kappa shape index (κ3) is 2.66. The Morgan fingerprint density at radius 1 is 0.944 bits per heavy atom. The fourth-order valence-corrected chi connectivity index (χ4v) is 4.54. The third-order valence-electron chi connectivity index (χ3n) is 4.76. The lowest BCUT2D eigenvalue weighted by Crippen LogP contribution is -2.14. The van der Waals surface area contributed by atoms with E-state index in [1.807, 2.05) is 0 Å². The fraction of sp³-hybridized carbons (Fsp3) is 0.647. The van der Waals surface area contributed by atoms with E-state index < -0.39 is 0 Å². The molecule has 0 aromatic heterocycles. The van der Waals surface area contributed by atoms with Crippen molar-refractivity contribution in [2.75, 3.05) is 0 Å². The van der Waals surface area contributed by atoms with Gasteiger partial charge < -0.3 is 0 Å². The van der Waals surface area contributed by atoms with Crippen LogP contribution in [0.2, 0.25) is 0 Å². The Labute approximate surface area is 120 Å². The van der Waals surface area contributed by atoms with Crippen LogP contribution >= 0.6 is 15.9 Å². The smallest absolute Gasteiger partial charge is 0.0428 e. The van der Waals surface area contributed by atoms with E-state index in [-0.39, 0.29) is 0 Å². The maximum Gasteiger partial charge on any atom is 0.0428 e. The minimum absolute atomic E-state index is 0.552. The van der Waals surface area contributed by atoms with Gasteiger partial charge in [-0.2, -0.15) is 0 Å². The van der Waals surface area contributed by atoms with Gasteiger partial charge in [0.2, 0.25) is 0 Å². The first-order chi connectivity index (χ1) is 8.52. The maximum absolute atomic E-state index is 4.02. The highest BCUT2D eigenvalue weighted by Crippen LogP contribution is 2.43. The van der Waals surface area contributed by atoms with Crippen LogP contribution in [0.4, 0.5) is 0 Å². The summed E-state index contributed by atoms with van der Waals surface area (Å²) < 4.78 is 0. The molecule has 0 aliphatic heterocycles. The Morgan fingerprint density at radius 2 is 1.44 bits per heavy atom. The van der Waals surface area contributed by atoms with Crippen molar-refractivity contribution >= 4 is 15.9 Å². The second-order valence-corrected chi connectivity index (χ2v) is 6.96. The molecule has 0 amide bonds. The van der Waals surface area contributed by atoms with Crippen LogP contribution in [0.3, 0.4) is 0 Å². The zero-order valence-corrected chi connectivity index (χ0v) is 13.7. The van der Waals surface area contributed by atoms with Gasteiger partial charge in [0.15, 0.2) is 0 Å². The molecular formula is C17H25Br. The summed E-state index contributed by atoms with van der Waals surface area (Å²) >= 11 is 4.02. The SMILES string of the molecule is Cc1cc(C)c(C)c(C(Br)C2CCCCC2)c1C. The maximum atomic E-state index is 4.02. The molecule has 1 aromatic carbocycles. The molecule has 1 aromatic rings. The van der Waals surface area contributed by atoms with Crippen LogP contribution in [0.1, 0.15) is 64.7 Å². The van der Waals surface area contributed by atoms with E-state index in [2.05, 4.69) is 49.7 Å². The first-order valence-electron chi connectivity index (χ1n) is 7.23. The highest BCUT2D eigenvalue weighted by Gasteiger charge is 2.26. The van der Waals surface area contributed by atoms with Gasteiger partial charge in [-0.3, -0.25) is 0 Å². The minimum atomic E-state index is 0.552. The number of benzene rings is 1. The molecule has 0 saturated heterocycles. The zero-order valence-electron chi connectivity index (χ0n) is 12.1. The third-order valence-corrected chi connectivity index (χ3v) is 5.97. The lowest BCUT2D eigenvalue weighted by atomic mass is 9.81. The van der Waals surface area contributed by atoms with E-state index in [0.29, 0.717) is 4.83 Å².